The molecular formula is C23H31ClN4O3Si. The highest BCUT2D eigenvalue weighted by atomic mass is 35.5. The van der Waals surface area contributed by atoms with Crippen LogP contribution in [0.3, 0.4) is 0 Å². The number of benzene rings is 1. The van der Waals surface area contributed by atoms with E-state index in [0.717, 1.165) is 18.7 Å². The highest BCUT2D eigenvalue weighted by Crippen LogP contribution is 2.25. The van der Waals surface area contributed by atoms with Gasteiger partial charge in [-0.25, -0.2) is 14.6 Å². The molecule has 2 amide bonds. The number of carbonyl (C=O) groups excluding carboxylic acids is 2. The van der Waals surface area contributed by atoms with E-state index >= 15 is 0 Å². The van der Waals surface area contributed by atoms with Crippen LogP contribution in [-0.4, -0.2) is 62.7 Å². The molecule has 1 aromatic carbocycles. The lowest BCUT2D eigenvalue weighted by Crippen LogP contribution is -2.39. The fourth-order valence-corrected chi connectivity index (χ4v) is 5.03. The van der Waals surface area contributed by atoms with E-state index in [9.17, 15) is 9.59 Å². The first-order valence-electron chi connectivity index (χ1n) is 10.9. The first-order valence-corrected chi connectivity index (χ1v) is 14.8. The second kappa shape index (κ2) is 10.4. The van der Waals surface area contributed by atoms with Crippen molar-refractivity contribution in [1.29, 1.82) is 0 Å². The van der Waals surface area contributed by atoms with Crippen LogP contribution in [0.2, 0.25) is 24.7 Å². The maximum Gasteiger partial charge on any atom is 0.339 e. The van der Waals surface area contributed by atoms with Crippen LogP contribution < -0.4 is 15.4 Å². The summed E-state index contributed by atoms with van der Waals surface area (Å²) in [6.45, 7) is 11.5. The van der Waals surface area contributed by atoms with Gasteiger partial charge in [0.2, 0.25) is 0 Å². The first kappa shape index (κ1) is 24.1. The predicted octanol–water partition coefficient (Wildman–Crippen LogP) is 4.20. The zero-order chi connectivity index (χ0) is 23.3. The van der Waals surface area contributed by atoms with Gasteiger partial charge in [0.05, 0.1) is 25.3 Å². The highest BCUT2D eigenvalue weighted by molar-refractivity contribution is 6.88. The molecule has 0 aliphatic carbocycles. The fraction of sp³-hybridized carbons (Fsp3) is 0.435. The van der Waals surface area contributed by atoms with E-state index in [-0.39, 0.29) is 6.03 Å². The number of aromatic nitrogens is 1. The maximum atomic E-state index is 12.8. The summed E-state index contributed by atoms with van der Waals surface area (Å²) in [7, 11) is -1.37. The third kappa shape index (κ3) is 6.01. The molecule has 0 unspecified atom stereocenters. The number of esters is 1. The van der Waals surface area contributed by atoms with Crippen LogP contribution in [0.25, 0.3) is 0 Å². The molecule has 0 spiro atoms. The number of halogens is 1. The zero-order valence-corrected chi connectivity index (χ0v) is 20.9. The summed E-state index contributed by atoms with van der Waals surface area (Å²) in [6, 6.07) is 9.65. The van der Waals surface area contributed by atoms with Crippen LogP contribution in [-0.2, 0) is 4.74 Å². The van der Waals surface area contributed by atoms with Crippen LogP contribution in [0.4, 0.5) is 16.3 Å². The van der Waals surface area contributed by atoms with Gasteiger partial charge in [0.1, 0.15) is 5.82 Å². The second-order valence-electron chi connectivity index (χ2n) is 8.84. The van der Waals surface area contributed by atoms with Gasteiger partial charge in [-0.1, -0.05) is 48.6 Å². The number of nitrogens with one attached hydrogen (secondary N) is 1. The average Bonchev–Trinajstić information content (AvgIpc) is 3.00. The number of rotatable bonds is 5. The Labute approximate surface area is 195 Å². The molecule has 32 heavy (non-hydrogen) atoms. The number of hydrogen-bond donors (Lipinski definition) is 1. The summed E-state index contributed by atoms with van der Waals surface area (Å²) in [5.74, 6) is 0.175. The number of amides is 2. The van der Waals surface area contributed by atoms with Gasteiger partial charge in [0, 0.05) is 38.1 Å². The molecule has 1 N–H and O–H groups in total. The molecule has 0 saturated carbocycles. The largest absolute Gasteiger partial charge is 0.462 e. The molecule has 0 radical (unpaired) electrons. The predicted molar refractivity (Wildman–Crippen MR) is 132 cm³/mol. The van der Waals surface area contributed by atoms with Gasteiger partial charge >= 0.3 is 12.0 Å². The Morgan fingerprint density at radius 3 is 2.47 bits per heavy atom. The highest BCUT2D eigenvalue weighted by Gasteiger charge is 2.22. The lowest BCUT2D eigenvalue weighted by molar-refractivity contribution is 0.0526. The van der Waals surface area contributed by atoms with Gasteiger partial charge in [-0.05, 0) is 31.5 Å². The van der Waals surface area contributed by atoms with Crippen molar-refractivity contribution in [1.82, 2.24) is 9.88 Å². The lowest BCUT2D eigenvalue weighted by atomic mass is 10.2. The van der Waals surface area contributed by atoms with E-state index in [1.807, 2.05) is 21.9 Å². The van der Waals surface area contributed by atoms with E-state index in [4.69, 9.17) is 16.3 Å². The minimum Gasteiger partial charge on any atom is -0.462 e. The maximum absolute atomic E-state index is 12.8. The van der Waals surface area contributed by atoms with Crippen molar-refractivity contribution in [3.63, 3.8) is 0 Å². The Morgan fingerprint density at radius 2 is 1.84 bits per heavy atom. The number of hydrogen-bond acceptors (Lipinski definition) is 5. The molecule has 2 heterocycles. The smallest absolute Gasteiger partial charge is 0.339 e. The topological polar surface area (TPSA) is 74.8 Å². The van der Waals surface area contributed by atoms with Crippen LogP contribution >= 0.6 is 11.6 Å². The molecular weight excluding hydrogens is 444 g/mol. The van der Waals surface area contributed by atoms with Crippen LogP contribution in [0.5, 0.6) is 0 Å². The standard InChI is InChI=1S/C23H31ClN4O3Si/c1-5-31-22(29)17-15-20(24)21(25-16-17)27-11-6-12-28(14-13-27)23(30)26-18-7-9-19(10-8-18)32(2,3)4/h7-10,15-16H,5-6,11-14H2,1-4H3,(H,26,30). The van der Waals surface area contributed by atoms with E-state index in [2.05, 4.69) is 42.1 Å². The van der Waals surface area contributed by atoms with Crippen molar-refractivity contribution >= 4 is 48.4 Å². The number of carbonyl (C=O) groups is 2. The number of anilines is 2. The molecule has 1 saturated heterocycles. The summed E-state index contributed by atoms with van der Waals surface area (Å²) >= 11 is 6.41. The van der Waals surface area contributed by atoms with Crippen molar-refractivity contribution < 1.29 is 14.3 Å². The third-order valence-electron chi connectivity index (χ3n) is 5.42. The molecule has 1 aliphatic heterocycles. The number of urea groups is 1. The minimum absolute atomic E-state index is 0.107. The zero-order valence-electron chi connectivity index (χ0n) is 19.2. The Morgan fingerprint density at radius 1 is 1.12 bits per heavy atom. The van der Waals surface area contributed by atoms with Crippen molar-refractivity contribution in [3.05, 3.63) is 47.1 Å². The van der Waals surface area contributed by atoms with Crippen molar-refractivity contribution in [2.24, 2.45) is 0 Å². The molecule has 0 atom stereocenters. The summed E-state index contributed by atoms with van der Waals surface area (Å²) in [5, 5.41) is 4.77. The quantitative estimate of drug-likeness (QED) is 0.519. The monoisotopic (exact) mass is 474 g/mol. The lowest BCUT2D eigenvalue weighted by Gasteiger charge is -2.24. The van der Waals surface area contributed by atoms with E-state index < -0.39 is 14.0 Å². The van der Waals surface area contributed by atoms with Crippen LogP contribution in [0.15, 0.2) is 36.5 Å². The molecule has 1 fully saturated rings. The van der Waals surface area contributed by atoms with E-state index in [1.54, 1.807) is 13.0 Å². The molecule has 1 aliphatic rings. The molecule has 3 rings (SSSR count). The Bertz CT molecular complexity index is 963. The molecule has 172 valence electrons. The van der Waals surface area contributed by atoms with Gasteiger partial charge in [-0.2, -0.15) is 0 Å². The Hall–Kier alpha value is -2.58. The SMILES string of the molecule is CCOC(=O)c1cnc(N2CCCN(C(=O)Nc3ccc([Si](C)(C)C)cc3)CC2)c(Cl)c1. The van der Waals surface area contributed by atoms with Crippen molar-refractivity contribution in [2.75, 3.05) is 43.0 Å². The van der Waals surface area contributed by atoms with E-state index in [0.29, 0.717) is 42.6 Å². The summed E-state index contributed by atoms with van der Waals surface area (Å²) in [4.78, 5) is 32.9. The van der Waals surface area contributed by atoms with Crippen LogP contribution in [0.1, 0.15) is 23.7 Å². The molecule has 9 heteroatoms. The number of ether oxygens (including phenoxy) is 1. The Kier molecular flexibility index (Phi) is 7.79. The first-order chi connectivity index (χ1) is 15.2. The van der Waals surface area contributed by atoms with Crippen LogP contribution in [0, 0.1) is 0 Å². The van der Waals surface area contributed by atoms with E-state index in [1.165, 1.54) is 11.4 Å². The minimum atomic E-state index is -1.37. The molecule has 0 bridgehead atoms. The van der Waals surface area contributed by atoms with Crippen molar-refractivity contribution in [3.8, 4) is 0 Å². The van der Waals surface area contributed by atoms with Crippen molar-refractivity contribution in [2.45, 2.75) is 33.0 Å². The van der Waals surface area contributed by atoms with Gasteiger partial charge in [-0.15, -0.1) is 0 Å². The summed E-state index contributed by atoms with van der Waals surface area (Å²) in [6.07, 6.45) is 2.28. The van der Waals surface area contributed by atoms with Gasteiger partial charge in [-0.3, -0.25) is 0 Å². The third-order valence-corrected chi connectivity index (χ3v) is 7.76. The van der Waals surface area contributed by atoms with Gasteiger partial charge in [0.25, 0.3) is 0 Å². The molecule has 7 nitrogen and oxygen atoms in total. The number of pyridine rings is 1. The normalized spacial score (nSPS) is 14.7. The summed E-state index contributed by atoms with van der Waals surface area (Å²) < 4.78 is 5.00. The Balaban J connectivity index is 1.61. The summed E-state index contributed by atoms with van der Waals surface area (Å²) in [5.41, 5.74) is 1.13. The van der Waals surface area contributed by atoms with Gasteiger partial charge < -0.3 is 19.9 Å². The number of nitrogens with zero attached hydrogens (tertiary/aromatic N) is 3. The second-order valence-corrected chi connectivity index (χ2v) is 14.3. The average molecular weight is 475 g/mol. The van der Waals surface area contributed by atoms with Gasteiger partial charge in [0.15, 0.2) is 0 Å². The molecule has 2 aromatic rings. The molecule has 1 aromatic heterocycles. The fourth-order valence-electron chi connectivity index (χ4n) is 3.58.